The Morgan fingerprint density at radius 2 is 1.93 bits per heavy atom. The minimum atomic E-state index is -3.33. The van der Waals surface area contributed by atoms with Crippen LogP contribution in [0, 0.1) is 0 Å². The molecule has 0 unspecified atom stereocenters. The first kappa shape index (κ1) is 18.7. The Balaban J connectivity index is 1.65. The van der Waals surface area contributed by atoms with Crippen molar-refractivity contribution in [1.29, 1.82) is 0 Å². The van der Waals surface area contributed by atoms with Crippen molar-refractivity contribution in [2.75, 3.05) is 11.6 Å². The van der Waals surface area contributed by atoms with Crippen molar-refractivity contribution in [1.82, 2.24) is 9.55 Å². The predicted molar refractivity (Wildman–Crippen MR) is 101 cm³/mol. The maximum absolute atomic E-state index is 12.4. The van der Waals surface area contributed by atoms with E-state index >= 15 is 0 Å². The van der Waals surface area contributed by atoms with Gasteiger partial charge in [0.05, 0.1) is 4.90 Å². The third kappa shape index (κ3) is 4.73. The molecule has 8 heteroatoms. The average molecular weight is 385 g/mol. The highest BCUT2D eigenvalue weighted by molar-refractivity contribution is 7.90. The fourth-order valence-electron chi connectivity index (χ4n) is 2.39. The van der Waals surface area contributed by atoms with Crippen molar-refractivity contribution >= 4 is 21.4 Å². The van der Waals surface area contributed by atoms with Gasteiger partial charge in [-0.15, -0.1) is 0 Å². The van der Waals surface area contributed by atoms with Gasteiger partial charge in [-0.1, -0.05) is 6.07 Å². The number of imidazole rings is 1. The molecule has 0 saturated carbocycles. The molecule has 1 aromatic heterocycles. The molecule has 3 rings (SSSR count). The summed E-state index contributed by atoms with van der Waals surface area (Å²) >= 11 is 0. The number of aromatic nitrogens is 2. The summed E-state index contributed by atoms with van der Waals surface area (Å²) in [5.41, 5.74) is 0.849. The molecule has 0 aliphatic carbocycles. The standard InChI is InChI=1S/C19H19N3O4S/c1-22-11-10-20-18(22)13-26-16-8-6-14(7-9-16)19(23)21-15-4-3-5-17(12-15)27(2,24)25/h3-12H,13H2,1-2H3,(H,21,23). The zero-order valence-electron chi connectivity index (χ0n) is 14.9. The zero-order valence-corrected chi connectivity index (χ0v) is 15.7. The number of carbonyl (C=O) groups excluding carboxylic acids is 1. The van der Waals surface area contributed by atoms with Crippen LogP contribution < -0.4 is 10.1 Å². The Labute approximate surface area is 157 Å². The Hall–Kier alpha value is -3.13. The summed E-state index contributed by atoms with van der Waals surface area (Å²) in [5.74, 6) is 1.08. The molecule has 27 heavy (non-hydrogen) atoms. The van der Waals surface area contributed by atoms with Gasteiger partial charge in [-0.05, 0) is 42.5 Å². The number of hydrogen-bond donors (Lipinski definition) is 1. The predicted octanol–water partition coefficient (Wildman–Crippen LogP) is 2.65. The van der Waals surface area contributed by atoms with Gasteiger partial charge in [0.2, 0.25) is 0 Å². The van der Waals surface area contributed by atoms with E-state index in [1.807, 2.05) is 17.8 Å². The minimum Gasteiger partial charge on any atom is -0.486 e. The number of nitrogens with one attached hydrogen (secondary N) is 1. The van der Waals surface area contributed by atoms with Crippen molar-refractivity contribution in [3.8, 4) is 5.75 Å². The third-order valence-electron chi connectivity index (χ3n) is 3.93. The van der Waals surface area contributed by atoms with Crippen LogP contribution in [0.1, 0.15) is 16.2 Å². The molecule has 0 fully saturated rings. The van der Waals surface area contributed by atoms with E-state index in [2.05, 4.69) is 10.3 Å². The Bertz CT molecular complexity index is 1060. The lowest BCUT2D eigenvalue weighted by molar-refractivity contribution is 0.102. The normalized spacial score (nSPS) is 11.2. The summed E-state index contributed by atoms with van der Waals surface area (Å²) < 4.78 is 30.8. The van der Waals surface area contributed by atoms with Crippen molar-refractivity contribution in [3.63, 3.8) is 0 Å². The molecular formula is C19H19N3O4S. The number of aryl methyl sites for hydroxylation is 1. The smallest absolute Gasteiger partial charge is 0.255 e. The zero-order chi connectivity index (χ0) is 19.4. The highest BCUT2D eigenvalue weighted by Crippen LogP contribution is 2.18. The number of anilines is 1. The first-order valence-corrected chi connectivity index (χ1v) is 10.0. The maximum Gasteiger partial charge on any atom is 0.255 e. The molecule has 3 aromatic rings. The van der Waals surface area contributed by atoms with E-state index in [1.54, 1.807) is 42.6 Å². The lowest BCUT2D eigenvalue weighted by Crippen LogP contribution is -2.12. The largest absolute Gasteiger partial charge is 0.486 e. The molecular weight excluding hydrogens is 366 g/mol. The number of ether oxygens (including phenoxy) is 1. The minimum absolute atomic E-state index is 0.151. The molecule has 0 saturated heterocycles. The van der Waals surface area contributed by atoms with Gasteiger partial charge in [-0.2, -0.15) is 0 Å². The monoisotopic (exact) mass is 385 g/mol. The van der Waals surface area contributed by atoms with Crippen LogP contribution in [0.25, 0.3) is 0 Å². The van der Waals surface area contributed by atoms with Gasteiger partial charge in [0.15, 0.2) is 9.84 Å². The van der Waals surface area contributed by atoms with Gasteiger partial charge in [-0.3, -0.25) is 4.79 Å². The average Bonchev–Trinajstić information content (AvgIpc) is 3.05. The van der Waals surface area contributed by atoms with Crippen LogP contribution in [-0.2, 0) is 23.5 Å². The van der Waals surface area contributed by atoms with E-state index in [9.17, 15) is 13.2 Å². The second-order valence-corrected chi connectivity index (χ2v) is 8.04. The van der Waals surface area contributed by atoms with Crippen molar-refractivity contribution in [2.24, 2.45) is 7.05 Å². The molecule has 0 bridgehead atoms. The van der Waals surface area contributed by atoms with Crippen molar-refractivity contribution < 1.29 is 17.9 Å². The fourth-order valence-corrected chi connectivity index (χ4v) is 3.06. The van der Waals surface area contributed by atoms with E-state index in [0.29, 0.717) is 23.6 Å². The molecule has 7 nitrogen and oxygen atoms in total. The summed E-state index contributed by atoms with van der Waals surface area (Å²) in [5, 5.41) is 2.69. The fraction of sp³-hybridized carbons (Fsp3) is 0.158. The van der Waals surface area contributed by atoms with Crippen molar-refractivity contribution in [2.45, 2.75) is 11.5 Å². The Kier molecular flexibility index (Phi) is 5.27. The summed E-state index contributed by atoms with van der Waals surface area (Å²) in [4.78, 5) is 16.7. The molecule has 0 spiro atoms. The van der Waals surface area contributed by atoms with Gasteiger partial charge in [0.25, 0.3) is 5.91 Å². The van der Waals surface area contributed by atoms with Gasteiger partial charge >= 0.3 is 0 Å². The number of amides is 1. The highest BCUT2D eigenvalue weighted by Gasteiger charge is 2.10. The second-order valence-electron chi connectivity index (χ2n) is 6.02. The molecule has 0 atom stereocenters. The van der Waals surface area contributed by atoms with E-state index in [4.69, 9.17) is 4.74 Å². The number of benzene rings is 2. The van der Waals surface area contributed by atoms with Crippen LogP contribution in [0.5, 0.6) is 5.75 Å². The molecule has 1 N–H and O–H groups in total. The Morgan fingerprint density at radius 1 is 1.19 bits per heavy atom. The van der Waals surface area contributed by atoms with Crippen LogP contribution in [0.3, 0.4) is 0 Å². The van der Waals surface area contributed by atoms with Crippen LogP contribution >= 0.6 is 0 Å². The third-order valence-corrected chi connectivity index (χ3v) is 5.04. The van der Waals surface area contributed by atoms with Crippen molar-refractivity contribution in [3.05, 3.63) is 72.3 Å². The summed E-state index contributed by atoms with van der Waals surface area (Å²) in [6.07, 6.45) is 4.66. The van der Waals surface area contributed by atoms with Gasteiger partial charge < -0.3 is 14.6 Å². The lowest BCUT2D eigenvalue weighted by Gasteiger charge is -2.09. The van der Waals surface area contributed by atoms with E-state index in [0.717, 1.165) is 12.1 Å². The first-order chi connectivity index (χ1) is 12.8. The van der Waals surface area contributed by atoms with Crippen LogP contribution in [0.4, 0.5) is 5.69 Å². The summed E-state index contributed by atoms with van der Waals surface area (Å²) in [7, 11) is -1.45. The van der Waals surface area contributed by atoms with Crippen LogP contribution in [0.2, 0.25) is 0 Å². The van der Waals surface area contributed by atoms with E-state index in [-0.39, 0.29) is 10.8 Å². The second kappa shape index (κ2) is 7.63. The Morgan fingerprint density at radius 3 is 2.56 bits per heavy atom. The summed E-state index contributed by atoms with van der Waals surface area (Å²) in [6, 6.07) is 12.8. The van der Waals surface area contributed by atoms with Gasteiger partial charge in [0.1, 0.15) is 18.2 Å². The molecule has 140 valence electrons. The van der Waals surface area contributed by atoms with Gasteiger partial charge in [0, 0.05) is 36.9 Å². The van der Waals surface area contributed by atoms with Crippen LogP contribution in [0.15, 0.2) is 65.8 Å². The molecule has 1 amide bonds. The molecule has 2 aromatic carbocycles. The molecule has 0 aliphatic rings. The highest BCUT2D eigenvalue weighted by atomic mass is 32.2. The molecule has 0 radical (unpaired) electrons. The quantitative estimate of drug-likeness (QED) is 0.704. The van der Waals surface area contributed by atoms with E-state index < -0.39 is 9.84 Å². The summed E-state index contributed by atoms with van der Waals surface area (Å²) in [6.45, 7) is 0.327. The lowest BCUT2D eigenvalue weighted by atomic mass is 10.2. The molecule has 0 aliphatic heterocycles. The number of sulfone groups is 1. The maximum atomic E-state index is 12.4. The number of carbonyl (C=O) groups is 1. The van der Waals surface area contributed by atoms with Gasteiger partial charge in [-0.25, -0.2) is 13.4 Å². The number of hydrogen-bond acceptors (Lipinski definition) is 5. The van der Waals surface area contributed by atoms with Crippen LogP contribution in [-0.4, -0.2) is 30.1 Å². The van der Waals surface area contributed by atoms with E-state index in [1.165, 1.54) is 12.1 Å². The topological polar surface area (TPSA) is 90.3 Å². The number of rotatable bonds is 6. The first-order valence-electron chi connectivity index (χ1n) is 8.13. The SMILES string of the molecule is Cn1ccnc1COc1ccc(C(=O)Nc2cccc(S(C)(=O)=O)c2)cc1. The number of nitrogens with zero attached hydrogens (tertiary/aromatic N) is 2. The molecule has 1 heterocycles.